The summed E-state index contributed by atoms with van der Waals surface area (Å²) in [6.45, 7) is 1.03. The van der Waals surface area contributed by atoms with Crippen molar-refractivity contribution in [3.05, 3.63) is 59.7 Å². The molecule has 0 amide bonds. The maximum Gasteiger partial charge on any atom is 0.126 e. The van der Waals surface area contributed by atoms with Gasteiger partial charge in [-0.15, -0.1) is 0 Å². The molecular weight excluding hydrogens is 318 g/mol. The van der Waals surface area contributed by atoms with E-state index in [1.54, 1.807) is 39.5 Å². The van der Waals surface area contributed by atoms with Crippen LogP contribution in [0.3, 0.4) is 0 Å². The van der Waals surface area contributed by atoms with Crippen molar-refractivity contribution in [2.24, 2.45) is 0 Å². The number of hydrogen-bond donors (Lipinski definition) is 2. The largest absolute Gasteiger partial charge is 0.497 e. The summed E-state index contributed by atoms with van der Waals surface area (Å²) in [6, 6.07) is 13.2. The Kier molecular flexibility index (Phi) is 7.32. The van der Waals surface area contributed by atoms with E-state index in [2.05, 4.69) is 5.32 Å². The first-order chi connectivity index (χ1) is 12.2. The molecule has 0 saturated carbocycles. The van der Waals surface area contributed by atoms with E-state index in [1.165, 1.54) is 0 Å². The van der Waals surface area contributed by atoms with Crippen LogP contribution in [0.4, 0.5) is 0 Å². The molecule has 0 saturated heterocycles. The molecule has 5 heteroatoms. The van der Waals surface area contributed by atoms with Crippen molar-refractivity contribution in [3.8, 4) is 17.2 Å². The number of aliphatic hydroxyl groups excluding tert-OH is 1. The molecule has 25 heavy (non-hydrogen) atoms. The SMILES string of the molecule is COc1ccc(OC)c([C@H](O)CNC/C=C/c2ccccc2OC)c1. The van der Waals surface area contributed by atoms with E-state index in [-0.39, 0.29) is 0 Å². The summed E-state index contributed by atoms with van der Waals surface area (Å²) in [7, 11) is 4.84. The van der Waals surface area contributed by atoms with Gasteiger partial charge in [-0.2, -0.15) is 0 Å². The van der Waals surface area contributed by atoms with Crippen molar-refractivity contribution in [1.82, 2.24) is 5.32 Å². The van der Waals surface area contributed by atoms with Crippen molar-refractivity contribution in [2.75, 3.05) is 34.4 Å². The van der Waals surface area contributed by atoms with Gasteiger partial charge in [0.1, 0.15) is 17.2 Å². The standard InChI is InChI=1S/C20H25NO4/c1-23-16-10-11-20(25-3)17(13-16)18(22)14-21-12-6-8-15-7-4-5-9-19(15)24-2/h4-11,13,18,21-22H,12,14H2,1-3H3/b8-6+/t18-/m1/s1. The van der Waals surface area contributed by atoms with Crippen LogP contribution in [-0.4, -0.2) is 39.5 Å². The third-order valence-electron chi connectivity index (χ3n) is 3.83. The minimum Gasteiger partial charge on any atom is -0.497 e. The van der Waals surface area contributed by atoms with Gasteiger partial charge in [0.2, 0.25) is 0 Å². The van der Waals surface area contributed by atoms with Gasteiger partial charge in [0, 0.05) is 24.2 Å². The summed E-state index contributed by atoms with van der Waals surface area (Å²) in [5.41, 5.74) is 1.71. The average Bonchev–Trinajstić information content (AvgIpc) is 2.67. The first kappa shape index (κ1) is 18.8. The second kappa shape index (κ2) is 9.71. The fourth-order valence-corrected chi connectivity index (χ4v) is 2.50. The smallest absolute Gasteiger partial charge is 0.126 e. The molecule has 0 unspecified atom stereocenters. The molecule has 0 spiro atoms. The Morgan fingerprint density at radius 2 is 1.76 bits per heavy atom. The highest BCUT2D eigenvalue weighted by atomic mass is 16.5. The Bertz CT molecular complexity index is 700. The molecule has 134 valence electrons. The molecule has 0 fully saturated rings. The molecule has 0 aliphatic rings. The number of ether oxygens (including phenoxy) is 3. The molecular formula is C20H25NO4. The maximum absolute atomic E-state index is 10.4. The molecule has 2 aromatic carbocycles. The molecule has 2 rings (SSSR count). The third kappa shape index (κ3) is 5.24. The quantitative estimate of drug-likeness (QED) is 0.685. The fraction of sp³-hybridized carbons (Fsp3) is 0.300. The van der Waals surface area contributed by atoms with E-state index in [9.17, 15) is 5.11 Å². The van der Waals surface area contributed by atoms with Crippen LogP contribution in [0.2, 0.25) is 0 Å². The number of nitrogens with one attached hydrogen (secondary N) is 1. The van der Waals surface area contributed by atoms with E-state index in [0.717, 1.165) is 11.3 Å². The number of rotatable bonds is 9. The van der Waals surface area contributed by atoms with Gasteiger partial charge >= 0.3 is 0 Å². The molecule has 0 aromatic heterocycles. The molecule has 2 N–H and O–H groups in total. The molecule has 0 bridgehead atoms. The van der Waals surface area contributed by atoms with E-state index in [4.69, 9.17) is 14.2 Å². The van der Waals surface area contributed by atoms with Crippen molar-refractivity contribution >= 4 is 6.08 Å². The summed E-state index contributed by atoms with van der Waals surface area (Å²) in [5, 5.41) is 13.6. The molecule has 0 heterocycles. The van der Waals surface area contributed by atoms with Crippen molar-refractivity contribution in [1.29, 1.82) is 0 Å². The van der Waals surface area contributed by atoms with Gasteiger partial charge in [-0.25, -0.2) is 0 Å². The van der Waals surface area contributed by atoms with Crippen molar-refractivity contribution in [3.63, 3.8) is 0 Å². The normalized spacial score (nSPS) is 12.2. The summed E-state index contributed by atoms with van der Waals surface area (Å²) < 4.78 is 15.8. The summed E-state index contributed by atoms with van der Waals surface area (Å²) in [6.07, 6.45) is 3.29. The topological polar surface area (TPSA) is 60.0 Å². The van der Waals surface area contributed by atoms with Gasteiger partial charge in [0.25, 0.3) is 0 Å². The first-order valence-electron chi connectivity index (χ1n) is 8.09. The van der Waals surface area contributed by atoms with Crippen LogP contribution in [0.25, 0.3) is 6.08 Å². The number of benzene rings is 2. The van der Waals surface area contributed by atoms with Gasteiger partial charge in [-0.05, 0) is 24.3 Å². The third-order valence-corrected chi connectivity index (χ3v) is 3.83. The lowest BCUT2D eigenvalue weighted by Crippen LogP contribution is -2.21. The molecule has 1 atom stereocenters. The van der Waals surface area contributed by atoms with Crippen LogP contribution >= 0.6 is 0 Å². The zero-order chi connectivity index (χ0) is 18.1. The van der Waals surface area contributed by atoms with Crippen LogP contribution in [0.1, 0.15) is 17.2 Å². The van der Waals surface area contributed by atoms with Gasteiger partial charge in [-0.3, -0.25) is 0 Å². The molecule has 0 aliphatic heterocycles. The van der Waals surface area contributed by atoms with Gasteiger partial charge in [0.05, 0.1) is 27.4 Å². The van der Waals surface area contributed by atoms with Crippen molar-refractivity contribution < 1.29 is 19.3 Å². The van der Waals surface area contributed by atoms with E-state index >= 15 is 0 Å². The second-order valence-electron chi connectivity index (χ2n) is 5.43. The van der Waals surface area contributed by atoms with E-state index < -0.39 is 6.10 Å². The van der Waals surface area contributed by atoms with Crippen LogP contribution in [0.15, 0.2) is 48.5 Å². The maximum atomic E-state index is 10.4. The summed E-state index contributed by atoms with van der Waals surface area (Å²) in [5.74, 6) is 2.16. The molecule has 0 radical (unpaired) electrons. The first-order valence-corrected chi connectivity index (χ1v) is 8.09. The van der Waals surface area contributed by atoms with Crippen LogP contribution in [0.5, 0.6) is 17.2 Å². The highest BCUT2D eigenvalue weighted by Gasteiger charge is 2.14. The Hall–Kier alpha value is -2.50. The van der Waals surface area contributed by atoms with Crippen molar-refractivity contribution in [2.45, 2.75) is 6.10 Å². The highest BCUT2D eigenvalue weighted by molar-refractivity contribution is 5.57. The van der Waals surface area contributed by atoms with Crippen LogP contribution < -0.4 is 19.5 Å². The predicted octanol–water partition coefficient (Wildman–Crippen LogP) is 3.05. The van der Waals surface area contributed by atoms with Gasteiger partial charge in [-0.1, -0.05) is 30.4 Å². The zero-order valence-corrected chi connectivity index (χ0v) is 14.9. The van der Waals surface area contributed by atoms with Crippen LogP contribution in [-0.2, 0) is 0 Å². The monoisotopic (exact) mass is 343 g/mol. The molecule has 5 nitrogen and oxygen atoms in total. The lowest BCUT2D eigenvalue weighted by molar-refractivity contribution is 0.171. The average molecular weight is 343 g/mol. The van der Waals surface area contributed by atoms with Crippen LogP contribution in [0, 0.1) is 0 Å². The number of methoxy groups -OCH3 is 3. The highest BCUT2D eigenvalue weighted by Crippen LogP contribution is 2.29. The molecule has 0 aliphatic carbocycles. The van der Waals surface area contributed by atoms with E-state index in [1.807, 2.05) is 36.4 Å². The van der Waals surface area contributed by atoms with E-state index in [0.29, 0.717) is 30.2 Å². The Morgan fingerprint density at radius 3 is 2.48 bits per heavy atom. The lowest BCUT2D eigenvalue weighted by atomic mass is 10.1. The minimum absolute atomic E-state index is 0.403. The minimum atomic E-state index is -0.690. The Morgan fingerprint density at radius 1 is 1.00 bits per heavy atom. The Balaban J connectivity index is 1.90. The number of para-hydroxylation sites is 1. The summed E-state index contributed by atoms with van der Waals surface area (Å²) in [4.78, 5) is 0. The zero-order valence-electron chi connectivity index (χ0n) is 14.9. The fourth-order valence-electron chi connectivity index (χ4n) is 2.50. The number of hydrogen-bond acceptors (Lipinski definition) is 5. The second-order valence-corrected chi connectivity index (χ2v) is 5.43. The lowest BCUT2D eigenvalue weighted by Gasteiger charge is -2.16. The summed E-state index contributed by atoms with van der Waals surface area (Å²) >= 11 is 0. The predicted molar refractivity (Wildman–Crippen MR) is 99.4 cm³/mol. The van der Waals surface area contributed by atoms with Gasteiger partial charge < -0.3 is 24.6 Å². The Labute approximate surface area is 148 Å². The molecule has 2 aromatic rings. The van der Waals surface area contributed by atoms with Gasteiger partial charge in [0.15, 0.2) is 0 Å². The number of aliphatic hydroxyl groups is 1.